The molecule has 0 saturated carbocycles. The number of benzene rings is 1. The number of halogens is 1. The number of nitrogens with zero attached hydrogens (tertiary/aromatic N) is 1. The Morgan fingerprint density at radius 2 is 2.16 bits per heavy atom. The zero-order valence-corrected chi connectivity index (χ0v) is 17.9. The van der Waals surface area contributed by atoms with Crippen molar-refractivity contribution in [1.82, 2.24) is 10.2 Å². The highest BCUT2D eigenvalue weighted by Crippen LogP contribution is 2.28. The number of allylic oxidation sites excluding steroid dienone is 3. The van der Waals surface area contributed by atoms with Gasteiger partial charge < -0.3 is 24.5 Å². The predicted octanol–water partition coefficient (Wildman–Crippen LogP) is 2.67. The lowest BCUT2D eigenvalue weighted by molar-refractivity contribution is -0.136. The van der Waals surface area contributed by atoms with Crippen LogP contribution in [0.3, 0.4) is 0 Å². The van der Waals surface area contributed by atoms with Gasteiger partial charge in [-0.25, -0.2) is 4.39 Å². The smallest absolute Gasteiger partial charge is 0.255 e. The van der Waals surface area contributed by atoms with Crippen LogP contribution in [0.25, 0.3) is 0 Å². The number of hydrogen-bond donors (Lipinski definition) is 1. The Kier molecular flexibility index (Phi) is 8.99. The molecular weight excluding hydrogens is 403 g/mol. The number of methoxy groups -OCH3 is 1. The average molecular weight is 430 g/mol. The maximum atomic E-state index is 14.3. The molecule has 2 amide bonds. The molecule has 1 heterocycles. The zero-order valence-electron chi connectivity index (χ0n) is 17.9. The number of hydrogen-bond acceptors (Lipinski definition) is 5. The van der Waals surface area contributed by atoms with E-state index in [4.69, 9.17) is 9.47 Å². The minimum Gasteiger partial charge on any atom is -0.496 e. The first-order chi connectivity index (χ1) is 15.0. The van der Waals surface area contributed by atoms with Gasteiger partial charge in [0.05, 0.1) is 19.9 Å². The molecule has 1 saturated heterocycles. The number of amides is 2. The second kappa shape index (κ2) is 11.7. The third kappa shape index (κ3) is 5.81. The Morgan fingerprint density at radius 3 is 2.81 bits per heavy atom. The first kappa shape index (κ1) is 23.9. The molecule has 1 fully saturated rings. The molecule has 1 aliphatic rings. The van der Waals surface area contributed by atoms with Crippen LogP contribution in [0.2, 0.25) is 0 Å². The highest BCUT2D eigenvalue weighted by atomic mass is 19.1. The fourth-order valence-electron chi connectivity index (χ4n) is 3.23. The van der Waals surface area contributed by atoms with E-state index < -0.39 is 11.9 Å². The van der Waals surface area contributed by atoms with Crippen molar-refractivity contribution in [2.75, 3.05) is 20.7 Å². The Labute approximate surface area is 181 Å². The molecule has 1 unspecified atom stereocenters. The average Bonchev–Trinajstić information content (AvgIpc) is 3.08. The van der Waals surface area contributed by atoms with E-state index >= 15 is 0 Å². The number of aldehydes is 1. The Bertz CT molecular complexity index is 907. The van der Waals surface area contributed by atoms with Gasteiger partial charge in [0, 0.05) is 30.2 Å². The third-order valence-electron chi connectivity index (χ3n) is 4.84. The molecule has 1 aromatic carbocycles. The van der Waals surface area contributed by atoms with Gasteiger partial charge in [0.25, 0.3) is 5.91 Å². The normalized spacial score (nSPS) is 17.4. The topological polar surface area (TPSA) is 84.9 Å². The number of likely N-dealkylation sites (N-methyl/N-ethyl adjacent to an activating group) is 1. The van der Waals surface area contributed by atoms with Gasteiger partial charge in [-0.2, -0.15) is 0 Å². The van der Waals surface area contributed by atoms with Gasteiger partial charge in [-0.05, 0) is 25.5 Å². The summed E-state index contributed by atoms with van der Waals surface area (Å²) in [5.41, 5.74) is 1.25. The van der Waals surface area contributed by atoms with Crippen LogP contribution in [-0.4, -0.2) is 49.7 Å². The van der Waals surface area contributed by atoms with Crippen molar-refractivity contribution in [3.63, 3.8) is 0 Å². The molecule has 1 N–H and O–H groups in total. The lowest BCUT2D eigenvalue weighted by Crippen LogP contribution is -2.46. The van der Waals surface area contributed by atoms with Crippen molar-refractivity contribution in [1.29, 1.82) is 0 Å². The van der Waals surface area contributed by atoms with Crippen LogP contribution in [0.4, 0.5) is 4.39 Å². The summed E-state index contributed by atoms with van der Waals surface area (Å²) >= 11 is 0. The van der Waals surface area contributed by atoms with E-state index in [0.29, 0.717) is 16.7 Å². The maximum Gasteiger partial charge on any atom is 0.255 e. The molecule has 166 valence electrons. The lowest BCUT2D eigenvalue weighted by Gasteiger charge is -2.25. The van der Waals surface area contributed by atoms with E-state index in [1.807, 2.05) is 6.92 Å². The van der Waals surface area contributed by atoms with Crippen LogP contribution >= 0.6 is 0 Å². The van der Waals surface area contributed by atoms with Gasteiger partial charge in [0.15, 0.2) is 11.6 Å². The van der Waals surface area contributed by atoms with Gasteiger partial charge in [0.1, 0.15) is 18.9 Å². The second-order valence-corrected chi connectivity index (χ2v) is 6.80. The Hall–Kier alpha value is -3.42. The summed E-state index contributed by atoms with van der Waals surface area (Å²) in [7, 11) is 2.87. The molecular formula is C23H27FN2O5. The summed E-state index contributed by atoms with van der Waals surface area (Å²) in [6, 6.07) is 3.98. The third-order valence-corrected chi connectivity index (χ3v) is 4.84. The molecule has 0 spiro atoms. The lowest BCUT2D eigenvalue weighted by atomic mass is 10.1. The molecule has 8 heteroatoms. The minimum atomic E-state index is -0.779. The molecule has 31 heavy (non-hydrogen) atoms. The fourth-order valence-corrected chi connectivity index (χ4v) is 3.23. The van der Waals surface area contributed by atoms with Crippen molar-refractivity contribution in [3.05, 3.63) is 65.2 Å². The summed E-state index contributed by atoms with van der Waals surface area (Å²) in [4.78, 5) is 37.5. The van der Waals surface area contributed by atoms with Gasteiger partial charge in [-0.15, -0.1) is 0 Å². The molecule has 0 aliphatic carbocycles. The number of rotatable bonds is 10. The highest BCUT2D eigenvalue weighted by Gasteiger charge is 2.37. The number of carbonyl (C=O) groups is 3. The highest BCUT2D eigenvalue weighted by molar-refractivity contribution is 6.04. The van der Waals surface area contributed by atoms with Crippen LogP contribution < -0.4 is 10.1 Å². The van der Waals surface area contributed by atoms with E-state index in [0.717, 1.165) is 6.29 Å². The zero-order chi connectivity index (χ0) is 22.8. The molecule has 0 aromatic heterocycles. The molecule has 2 rings (SSSR count). The Morgan fingerprint density at radius 1 is 1.39 bits per heavy atom. The molecule has 1 aliphatic heterocycles. The first-order valence-corrected chi connectivity index (χ1v) is 9.90. The fraction of sp³-hybridized carbons (Fsp3) is 0.348. The van der Waals surface area contributed by atoms with E-state index in [2.05, 4.69) is 5.32 Å². The summed E-state index contributed by atoms with van der Waals surface area (Å²) in [5.74, 6) is -1.07. The van der Waals surface area contributed by atoms with Crippen molar-refractivity contribution in [2.45, 2.75) is 32.4 Å². The van der Waals surface area contributed by atoms with E-state index in [1.54, 1.807) is 30.4 Å². The molecule has 0 radical (unpaired) electrons. The maximum absolute atomic E-state index is 14.3. The van der Waals surface area contributed by atoms with E-state index in [-0.39, 0.29) is 43.6 Å². The van der Waals surface area contributed by atoms with Crippen molar-refractivity contribution in [2.24, 2.45) is 0 Å². The summed E-state index contributed by atoms with van der Waals surface area (Å²) in [6.07, 6.45) is 7.63. The second-order valence-electron chi connectivity index (χ2n) is 6.80. The summed E-state index contributed by atoms with van der Waals surface area (Å²) < 4.78 is 24.9. The summed E-state index contributed by atoms with van der Waals surface area (Å²) in [5, 5.41) is 2.54. The van der Waals surface area contributed by atoms with Crippen LogP contribution in [0.1, 0.15) is 25.3 Å². The monoisotopic (exact) mass is 430 g/mol. The number of ether oxygens (including phenoxy) is 2. The number of nitrogens with one attached hydrogen (secondary N) is 1. The Balaban J connectivity index is 2.27. The van der Waals surface area contributed by atoms with Gasteiger partial charge in [0.2, 0.25) is 5.91 Å². The standard InChI is InChI=1S/C23H27FN2O5/c1-4-5-9-18-17(15-31-14-16-8-6-11-20(30-3)21(16)24)13-26(23(18)29)19(10-7-12-27)22(28)25-2/h4-6,8-9,11-12,15,19H,7,10,13-14H2,1-3H3,(H,25,28)/b5-4-,17-15+,18-9+. The van der Waals surface area contributed by atoms with E-state index in [1.165, 1.54) is 31.4 Å². The SMILES string of the molecule is C\C=C/C=C1/C(=O)N(C(CCC=O)C(=O)NC)C/C1=C\OCc1cccc(OC)c1F. The van der Waals surface area contributed by atoms with Gasteiger partial charge in [-0.3, -0.25) is 9.59 Å². The van der Waals surface area contributed by atoms with Crippen LogP contribution in [0.15, 0.2) is 53.8 Å². The summed E-state index contributed by atoms with van der Waals surface area (Å²) in [6.45, 7) is 1.90. The number of carbonyl (C=O) groups excluding carboxylic acids is 3. The molecule has 0 bridgehead atoms. The minimum absolute atomic E-state index is 0.0539. The molecule has 1 atom stereocenters. The largest absolute Gasteiger partial charge is 0.496 e. The van der Waals surface area contributed by atoms with Crippen LogP contribution in [0, 0.1) is 5.82 Å². The quantitative estimate of drug-likeness (QED) is 0.351. The van der Waals surface area contributed by atoms with Crippen molar-refractivity contribution < 1.29 is 28.2 Å². The van der Waals surface area contributed by atoms with Crippen LogP contribution in [-0.2, 0) is 25.7 Å². The van der Waals surface area contributed by atoms with E-state index in [9.17, 15) is 18.8 Å². The van der Waals surface area contributed by atoms with Crippen molar-refractivity contribution in [3.8, 4) is 5.75 Å². The number of likely N-dealkylation sites (tertiary alicyclic amines) is 1. The van der Waals surface area contributed by atoms with Gasteiger partial charge >= 0.3 is 0 Å². The van der Waals surface area contributed by atoms with Gasteiger partial charge in [-0.1, -0.05) is 24.3 Å². The van der Waals surface area contributed by atoms with Crippen LogP contribution in [0.5, 0.6) is 5.75 Å². The van der Waals surface area contributed by atoms with Crippen molar-refractivity contribution >= 4 is 18.1 Å². The first-order valence-electron chi connectivity index (χ1n) is 9.90. The molecule has 1 aromatic rings. The predicted molar refractivity (Wildman–Crippen MR) is 114 cm³/mol. The molecule has 7 nitrogen and oxygen atoms in total.